The van der Waals surface area contributed by atoms with Gasteiger partial charge < -0.3 is 9.80 Å². The van der Waals surface area contributed by atoms with E-state index in [1.807, 2.05) is 4.90 Å². The fraction of sp³-hybridized carbons (Fsp3) is 0.588. The summed E-state index contributed by atoms with van der Waals surface area (Å²) in [5.41, 5.74) is 0. The van der Waals surface area contributed by atoms with Crippen LogP contribution in [0, 0.1) is 5.82 Å². The first-order chi connectivity index (χ1) is 10.7. The Morgan fingerprint density at radius 2 is 1.73 bits per heavy atom. The van der Waals surface area contributed by atoms with Crippen molar-refractivity contribution >= 4 is 17.7 Å². The van der Waals surface area contributed by atoms with Crippen LogP contribution in [0.15, 0.2) is 29.2 Å². The minimum atomic E-state index is -0.236. The van der Waals surface area contributed by atoms with E-state index in [1.165, 1.54) is 49.8 Å². The summed E-state index contributed by atoms with van der Waals surface area (Å²) in [6, 6.07) is 7.01. The van der Waals surface area contributed by atoms with Gasteiger partial charge in [0.2, 0.25) is 5.91 Å². The molecule has 0 atom stereocenters. The van der Waals surface area contributed by atoms with Crippen molar-refractivity contribution in [2.24, 2.45) is 0 Å². The van der Waals surface area contributed by atoms with Gasteiger partial charge in [-0.2, -0.15) is 0 Å². The maximum absolute atomic E-state index is 12.9. The lowest BCUT2D eigenvalue weighted by Crippen LogP contribution is -2.46. The molecule has 0 N–H and O–H groups in total. The van der Waals surface area contributed by atoms with E-state index in [-0.39, 0.29) is 11.7 Å². The number of amides is 1. The molecule has 1 aromatic carbocycles. The summed E-state index contributed by atoms with van der Waals surface area (Å²) in [6.07, 6.45) is 4.86. The Morgan fingerprint density at radius 3 is 2.36 bits per heavy atom. The number of nitrogens with zero attached hydrogens (tertiary/aromatic N) is 2. The molecule has 5 heteroatoms. The second-order valence-corrected chi connectivity index (χ2v) is 7.15. The third-order valence-corrected chi connectivity index (χ3v) is 5.65. The van der Waals surface area contributed by atoms with E-state index in [0.717, 1.165) is 30.8 Å². The zero-order valence-electron chi connectivity index (χ0n) is 12.8. The molecule has 2 heterocycles. The van der Waals surface area contributed by atoms with Crippen molar-refractivity contribution in [3.63, 3.8) is 0 Å². The first-order valence-electron chi connectivity index (χ1n) is 8.12. The molecule has 0 aliphatic carbocycles. The van der Waals surface area contributed by atoms with E-state index in [4.69, 9.17) is 0 Å². The van der Waals surface area contributed by atoms with Gasteiger partial charge in [0.1, 0.15) is 5.82 Å². The maximum atomic E-state index is 12.9. The Bertz CT molecular complexity index is 494. The van der Waals surface area contributed by atoms with Gasteiger partial charge in [-0.05, 0) is 63.0 Å². The van der Waals surface area contributed by atoms with Crippen molar-refractivity contribution in [3.8, 4) is 0 Å². The van der Waals surface area contributed by atoms with Gasteiger partial charge in [-0.25, -0.2) is 4.39 Å². The predicted octanol–water partition coefficient (Wildman–Crippen LogP) is 3.00. The number of halogens is 1. The summed E-state index contributed by atoms with van der Waals surface area (Å²) in [5.74, 6) is 0.411. The highest BCUT2D eigenvalue weighted by molar-refractivity contribution is 8.00. The third kappa shape index (κ3) is 4.02. The first kappa shape index (κ1) is 15.8. The fourth-order valence-electron chi connectivity index (χ4n) is 3.35. The summed E-state index contributed by atoms with van der Waals surface area (Å²) in [4.78, 5) is 17.8. The highest BCUT2D eigenvalue weighted by Gasteiger charge is 2.28. The monoisotopic (exact) mass is 322 g/mol. The van der Waals surface area contributed by atoms with E-state index in [9.17, 15) is 9.18 Å². The van der Waals surface area contributed by atoms with Crippen molar-refractivity contribution in [2.75, 3.05) is 31.9 Å². The van der Waals surface area contributed by atoms with Crippen LogP contribution in [-0.4, -0.2) is 53.7 Å². The van der Waals surface area contributed by atoms with Gasteiger partial charge in [-0.3, -0.25) is 4.79 Å². The molecule has 3 nitrogen and oxygen atoms in total. The molecule has 2 aliphatic rings. The van der Waals surface area contributed by atoms with Crippen LogP contribution >= 0.6 is 11.8 Å². The van der Waals surface area contributed by atoms with Crippen molar-refractivity contribution in [1.82, 2.24) is 9.80 Å². The Kier molecular flexibility index (Phi) is 5.37. The average molecular weight is 322 g/mol. The zero-order valence-corrected chi connectivity index (χ0v) is 13.7. The maximum Gasteiger partial charge on any atom is 0.232 e. The quantitative estimate of drug-likeness (QED) is 0.796. The largest absolute Gasteiger partial charge is 0.342 e. The number of carbonyl (C=O) groups is 1. The molecule has 2 aliphatic heterocycles. The summed E-state index contributed by atoms with van der Waals surface area (Å²) in [6.45, 7) is 4.23. The van der Waals surface area contributed by atoms with Crippen molar-refractivity contribution in [1.29, 1.82) is 0 Å². The molecule has 0 unspecified atom stereocenters. The number of benzene rings is 1. The van der Waals surface area contributed by atoms with Crippen molar-refractivity contribution < 1.29 is 9.18 Å². The van der Waals surface area contributed by atoms with Gasteiger partial charge in [0.15, 0.2) is 0 Å². The Hall–Kier alpha value is -1.07. The smallest absolute Gasteiger partial charge is 0.232 e. The van der Waals surface area contributed by atoms with Crippen LogP contribution in [0.2, 0.25) is 0 Å². The number of thioether (sulfide) groups is 1. The zero-order chi connectivity index (χ0) is 15.4. The van der Waals surface area contributed by atoms with Gasteiger partial charge in [-0.15, -0.1) is 11.8 Å². The molecule has 0 aromatic heterocycles. The molecule has 22 heavy (non-hydrogen) atoms. The number of hydrogen-bond acceptors (Lipinski definition) is 3. The fourth-order valence-corrected chi connectivity index (χ4v) is 4.16. The van der Waals surface area contributed by atoms with Gasteiger partial charge >= 0.3 is 0 Å². The highest BCUT2D eigenvalue weighted by atomic mass is 32.2. The number of hydrogen-bond donors (Lipinski definition) is 0. The molecule has 2 saturated heterocycles. The molecular formula is C17H23FN2OS. The summed E-state index contributed by atoms with van der Waals surface area (Å²) in [5, 5.41) is 0. The van der Waals surface area contributed by atoms with E-state index in [1.54, 1.807) is 12.1 Å². The average Bonchev–Trinajstić information content (AvgIpc) is 3.09. The normalized spacial score (nSPS) is 20.5. The standard InChI is InChI=1S/C17H23FN2OS/c18-14-3-5-16(6-4-14)22-13-17(21)20-11-7-15(8-12-20)19-9-1-2-10-19/h3-6,15H,1-2,7-13H2. The molecule has 0 saturated carbocycles. The topological polar surface area (TPSA) is 23.6 Å². The van der Waals surface area contributed by atoms with Crippen LogP contribution < -0.4 is 0 Å². The van der Waals surface area contributed by atoms with Crippen molar-refractivity contribution in [3.05, 3.63) is 30.1 Å². The Balaban J connectivity index is 1.42. The lowest BCUT2D eigenvalue weighted by molar-refractivity contribution is -0.129. The van der Waals surface area contributed by atoms with E-state index < -0.39 is 0 Å². The highest BCUT2D eigenvalue weighted by Crippen LogP contribution is 2.23. The summed E-state index contributed by atoms with van der Waals surface area (Å²) < 4.78 is 12.9. The molecule has 120 valence electrons. The van der Waals surface area contributed by atoms with Crippen LogP contribution in [-0.2, 0) is 4.79 Å². The third-order valence-electron chi connectivity index (χ3n) is 4.65. The van der Waals surface area contributed by atoms with E-state index in [2.05, 4.69) is 4.90 Å². The van der Waals surface area contributed by atoms with Crippen LogP contribution in [0.1, 0.15) is 25.7 Å². The van der Waals surface area contributed by atoms with E-state index >= 15 is 0 Å². The predicted molar refractivity (Wildman–Crippen MR) is 87.5 cm³/mol. The molecular weight excluding hydrogens is 299 g/mol. The van der Waals surface area contributed by atoms with Crippen LogP contribution in [0.5, 0.6) is 0 Å². The lowest BCUT2D eigenvalue weighted by Gasteiger charge is -2.36. The number of rotatable bonds is 4. The van der Waals surface area contributed by atoms with Crippen LogP contribution in [0.4, 0.5) is 4.39 Å². The molecule has 3 rings (SSSR count). The lowest BCUT2D eigenvalue weighted by atomic mass is 10.0. The number of carbonyl (C=O) groups excluding carboxylic acids is 1. The second-order valence-electron chi connectivity index (χ2n) is 6.10. The van der Waals surface area contributed by atoms with Crippen molar-refractivity contribution in [2.45, 2.75) is 36.6 Å². The van der Waals surface area contributed by atoms with Crippen LogP contribution in [0.3, 0.4) is 0 Å². The molecule has 1 amide bonds. The van der Waals surface area contributed by atoms with E-state index in [0.29, 0.717) is 11.8 Å². The number of likely N-dealkylation sites (tertiary alicyclic amines) is 2. The van der Waals surface area contributed by atoms with Gasteiger partial charge in [0.25, 0.3) is 0 Å². The summed E-state index contributed by atoms with van der Waals surface area (Å²) >= 11 is 1.49. The molecule has 0 spiro atoms. The Morgan fingerprint density at radius 1 is 1.09 bits per heavy atom. The molecule has 0 bridgehead atoms. The SMILES string of the molecule is O=C(CSc1ccc(F)cc1)N1CCC(N2CCCC2)CC1. The van der Waals surface area contributed by atoms with Gasteiger partial charge in [-0.1, -0.05) is 0 Å². The first-order valence-corrected chi connectivity index (χ1v) is 9.11. The minimum absolute atomic E-state index is 0.203. The van der Waals surface area contributed by atoms with Gasteiger partial charge in [0, 0.05) is 24.0 Å². The Labute approximate surface area is 135 Å². The molecule has 1 aromatic rings. The van der Waals surface area contributed by atoms with Gasteiger partial charge in [0.05, 0.1) is 5.75 Å². The minimum Gasteiger partial charge on any atom is -0.342 e. The molecule has 0 radical (unpaired) electrons. The second kappa shape index (κ2) is 7.47. The number of piperidine rings is 1. The van der Waals surface area contributed by atoms with Crippen LogP contribution in [0.25, 0.3) is 0 Å². The molecule has 2 fully saturated rings. The summed E-state index contributed by atoms with van der Waals surface area (Å²) in [7, 11) is 0.